The third-order valence-electron chi connectivity index (χ3n) is 8.38. The summed E-state index contributed by atoms with van der Waals surface area (Å²) in [4.78, 5) is 4.42. The van der Waals surface area contributed by atoms with E-state index in [1.165, 1.54) is 40.4 Å². The van der Waals surface area contributed by atoms with E-state index in [-0.39, 0.29) is 11.1 Å². The first-order chi connectivity index (χ1) is 17.5. The molecule has 0 fully saturated rings. The molecule has 4 nitrogen and oxygen atoms in total. The monoisotopic (exact) mass is 537 g/mol. The highest BCUT2D eigenvalue weighted by atomic mass is 28.4. The molecule has 0 radical (unpaired) electrons. The number of oxazole rings is 1. The molecule has 0 saturated heterocycles. The molecule has 0 aliphatic rings. The summed E-state index contributed by atoms with van der Waals surface area (Å²) in [5.41, 5.74) is 5.02. The van der Waals surface area contributed by atoms with Crippen molar-refractivity contribution in [2.45, 2.75) is 103 Å². The van der Waals surface area contributed by atoms with Crippen molar-refractivity contribution in [1.29, 1.82) is 0 Å². The van der Waals surface area contributed by atoms with E-state index in [9.17, 15) is 0 Å². The Bertz CT molecular complexity index is 1060. The van der Waals surface area contributed by atoms with Crippen molar-refractivity contribution in [1.82, 2.24) is 4.98 Å². The molecule has 0 N–H and O–H groups in total. The van der Waals surface area contributed by atoms with Crippen molar-refractivity contribution in [2.24, 2.45) is 0 Å². The third kappa shape index (κ3) is 7.76. The van der Waals surface area contributed by atoms with Gasteiger partial charge in [-0.1, -0.05) is 90.1 Å². The van der Waals surface area contributed by atoms with Crippen molar-refractivity contribution in [3.05, 3.63) is 78.0 Å². The van der Waals surface area contributed by atoms with Gasteiger partial charge in [0.15, 0.2) is 16.6 Å². The number of rotatable bonds is 13. The van der Waals surface area contributed by atoms with Crippen molar-refractivity contribution in [3.63, 3.8) is 0 Å². The van der Waals surface area contributed by atoms with Crippen molar-refractivity contribution in [2.75, 3.05) is 0 Å². The smallest absolute Gasteiger partial charge is 0.221 e. The molecule has 3 rings (SSSR count). The van der Waals surface area contributed by atoms with E-state index in [0.29, 0.717) is 5.89 Å². The average molecular weight is 538 g/mol. The molecule has 0 amide bonds. The minimum Gasteiger partial charge on any atom is -0.446 e. The molecule has 2 aromatic carbocycles. The van der Waals surface area contributed by atoms with Crippen LogP contribution in [0.25, 0.3) is 11.1 Å². The Morgan fingerprint density at radius 2 is 1.38 bits per heavy atom. The second-order valence-corrected chi connectivity index (χ2v) is 21.2. The van der Waals surface area contributed by atoms with Crippen molar-refractivity contribution < 1.29 is 13.3 Å². The summed E-state index contributed by atoms with van der Waals surface area (Å²) in [6.07, 6.45) is 4.98. The van der Waals surface area contributed by atoms with Crippen molar-refractivity contribution in [3.8, 4) is 11.1 Å². The van der Waals surface area contributed by atoms with Gasteiger partial charge in [0.2, 0.25) is 5.89 Å². The molecular weight excluding hydrogens is 491 g/mol. The number of aromatic nitrogens is 1. The molecule has 0 saturated carbocycles. The van der Waals surface area contributed by atoms with Crippen LogP contribution in [0, 0.1) is 0 Å². The lowest BCUT2D eigenvalue weighted by atomic mass is 10.0. The topological polar surface area (TPSA) is 44.5 Å². The summed E-state index contributed by atoms with van der Waals surface area (Å²) in [7, 11) is -3.51. The van der Waals surface area contributed by atoms with E-state index >= 15 is 0 Å². The third-order valence-corrected chi connectivity index (χ3v) is 17.5. The molecule has 1 unspecified atom stereocenters. The Hall–Kier alpha value is -2.00. The molecule has 1 atom stereocenters. The molecule has 0 aliphatic carbocycles. The van der Waals surface area contributed by atoms with Gasteiger partial charge in [0.25, 0.3) is 0 Å². The average Bonchev–Trinajstić information content (AvgIpc) is 3.43. The van der Waals surface area contributed by atoms with Crippen LogP contribution in [-0.2, 0) is 21.9 Å². The fourth-order valence-corrected chi connectivity index (χ4v) is 8.28. The molecule has 3 aromatic rings. The van der Waals surface area contributed by atoms with Gasteiger partial charge >= 0.3 is 0 Å². The maximum Gasteiger partial charge on any atom is 0.221 e. The fourth-order valence-electron chi connectivity index (χ4n) is 4.41. The van der Waals surface area contributed by atoms with Crippen LogP contribution in [0.5, 0.6) is 0 Å². The number of nitrogens with zero attached hydrogens (tertiary/aromatic N) is 1. The van der Waals surface area contributed by atoms with E-state index < -0.39 is 16.6 Å². The first-order valence-electron chi connectivity index (χ1n) is 13.9. The largest absolute Gasteiger partial charge is 0.446 e. The zero-order valence-electron chi connectivity index (χ0n) is 24.3. The summed E-state index contributed by atoms with van der Waals surface area (Å²) in [6, 6.07) is 21.3. The molecule has 0 aliphatic heterocycles. The van der Waals surface area contributed by atoms with Crippen LogP contribution >= 0.6 is 0 Å². The van der Waals surface area contributed by atoms with E-state index in [4.69, 9.17) is 13.3 Å². The predicted octanol–water partition coefficient (Wildman–Crippen LogP) is 9.56. The lowest BCUT2D eigenvalue weighted by Crippen LogP contribution is -2.42. The summed E-state index contributed by atoms with van der Waals surface area (Å²) in [6.45, 7) is 18.9. The van der Waals surface area contributed by atoms with Gasteiger partial charge in [-0.2, -0.15) is 0 Å². The van der Waals surface area contributed by atoms with E-state index in [0.717, 1.165) is 19.4 Å². The normalized spacial score (nSPS) is 13.6. The maximum absolute atomic E-state index is 6.71. The van der Waals surface area contributed by atoms with Crippen LogP contribution in [0.2, 0.25) is 36.3 Å². The van der Waals surface area contributed by atoms with Gasteiger partial charge < -0.3 is 13.3 Å². The van der Waals surface area contributed by atoms with Crippen LogP contribution < -0.4 is 0 Å². The predicted molar refractivity (Wildman–Crippen MR) is 160 cm³/mol. The second kappa shape index (κ2) is 12.7. The molecule has 6 heteroatoms. The summed E-state index contributed by atoms with van der Waals surface area (Å²) >= 11 is 0. The SMILES string of the molecule is CC[Si](CC)(CC)OCc1ccc(-c2ccc(CCC(O[Si](C)(C)C(C)(C)C)c3ncco3)cc2)cc1. The number of hydrogen-bond donors (Lipinski definition) is 0. The molecule has 0 spiro atoms. The standard InChI is InChI=1S/C31H47NO3Si2/c1-9-37(10-2,11-3)34-24-26-14-19-28(20-15-26)27-17-12-25(13-18-27)16-21-29(30-32-22-23-33-30)35-36(7,8)31(4,5)6/h12-15,17-20,22-23,29H,9-11,16,21,24H2,1-8H3. The maximum atomic E-state index is 6.71. The molecule has 1 aromatic heterocycles. The van der Waals surface area contributed by atoms with Gasteiger partial charge in [-0.15, -0.1) is 0 Å². The van der Waals surface area contributed by atoms with Gasteiger partial charge in [-0.25, -0.2) is 4.98 Å². The highest BCUT2D eigenvalue weighted by Gasteiger charge is 2.40. The Balaban J connectivity index is 1.62. The summed E-state index contributed by atoms with van der Waals surface area (Å²) < 4.78 is 18.8. The minimum absolute atomic E-state index is 0.125. The first-order valence-corrected chi connectivity index (χ1v) is 19.4. The Kier molecular flexibility index (Phi) is 10.1. The van der Waals surface area contributed by atoms with E-state index in [1.807, 2.05) is 0 Å². The van der Waals surface area contributed by atoms with Crippen molar-refractivity contribution >= 4 is 16.6 Å². The van der Waals surface area contributed by atoms with Crippen LogP contribution in [0.15, 0.2) is 65.4 Å². The lowest BCUT2D eigenvalue weighted by Gasteiger charge is -2.38. The Labute approximate surface area is 227 Å². The van der Waals surface area contributed by atoms with Gasteiger partial charge in [-0.3, -0.25) is 0 Å². The van der Waals surface area contributed by atoms with E-state index in [1.54, 1.807) is 12.5 Å². The minimum atomic E-state index is -1.95. The van der Waals surface area contributed by atoms with Gasteiger partial charge in [0, 0.05) is 0 Å². The molecule has 37 heavy (non-hydrogen) atoms. The fraction of sp³-hybridized carbons (Fsp3) is 0.516. The number of hydrogen-bond acceptors (Lipinski definition) is 4. The van der Waals surface area contributed by atoms with E-state index in [2.05, 4.69) is 108 Å². The number of benzene rings is 2. The Morgan fingerprint density at radius 1 is 0.838 bits per heavy atom. The summed E-state index contributed by atoms with van der Waals surface area (Å²) in [5.74, 6) is 0.683. The molecule has 1 heterocycles. The van der Waals surface area contributed by atoms with Crippen LogP contribution in [-0.4, -0.2) is 21.6 Å². The number of aryl methyl sites for hydroxylation is 1. The quantitative estimate of drug-likeness (QED) is 0.204. The highest BCUT2D eigenvalue weighted by molar-refractivity contribution is 6.74. The van der Waals surface area contributed by atoms with Crippen LogP contribution in [0.3, 0.4) is 0 Å². The van der Waals surface area contributed by atoms with Crippen LogP contribution in [0.4, 0.5) is 0 Å². The van der Waals surface area contributed by atoms with Crippen LogP contribution in [0.1, 0.15) is 71.1 Å². The Morgan fingerprint density at radius 3 is 1.84 bits per heavy atom. The molecule has 202 valence electrons. The van der Waals surface area contributed by atoms with Gasteiger partial charge in [0.05, 0.1) is 12.8 Å². The molecule has 0 bridgehead atoms. The first kappa shape index (κ1) is 29.6. The van der Waals surface area contributed by atoms with Gasteiger partial charge in [-0.05, 0) is 71.4 Å². The summed E-state index contributed by atoms with van der Waals surface area (Å²) in [5, 5.41) is 0.133. The second-order valence-electron chi connectivity index (χ2n) is 11.7. The zero-order chi connectivity index (χ0) is 27.1. The highest BCUT2D eigenvalue weighted by Crippen LogP contribution is 2.40. The molecular formula is C31H47NO3Si2. The van der Waals surface area contributed by atoms with Gasteiger partial charge in [0.1, 0.15) is 12.4 Å². The zero-order valence-corrected chi connectivity index (χ0v) is 26.3. The lowest BCUT2D eigenvalue weighted by molar-refractivity contribution is 0.142.